The lowest BCUT2D eigenvalue weighted by atomic mass is 10.3. The summed E-state index contributed by atoms with van der Waals surface area (Å²) in [6.45, 7) is 2.03. The van der Waals surface area contributed by atoms with Crippen molar-refractivity contribution in [2.75, 3.05) is 6.61 Å². The van der Waals surface area contributed by atoms with E-state index in [4.69, 9.17) is 4.74 Å². The molecule has 1 aromatic carbocycles. The van der Waals surface area contributed by atoms with Gasteiger partial charge in [-0.05, 0) is 18.6 Å². The number of nitrogens with one attached hydrogen (secondary N) is 1. The van der Waals surface area contributed by atoms with Crippen molar-refractivity contribution in [2.45, 2.75) is 19.8 Å². The van der Waals surface area contributed by atoms with E-state index in [1.165, 1.54) is 0 Å². The van der Waals surface area contributed by atoms with Gasteiger partial charge in [0.1, 0.15) is 5.75 Å². The highest BCUT2D eigenvalue weighted by molar-refractivity contribution is 5.78. The van der Waals surface area contributed by atoms with Gasteiger partial charge in [-0.25, -0.2) is 5.43 Å². The second-order valence-electron chi connectivity index (χ2n) is 3.24. The third kappa shape index (κ3) is 5.14. The molecule has 0 spiro atoms. The minimum atomic E-state index is -0.254. The van der Waals surface area contributed by atoms with Gasteiger partial charge in [-0.3, -0.25) is 4.79 Å². The van der Waals surface area contributed by atoms with Crippen molar-refractivity contribution in [3.05, 3.63) is 30.3 Å². The highest BCUT2D eigenvalue weighted by Crippen LogP contribution is 2.07. The normalized spacial score (nSPS) is 10.3. The van der Waals surface area contributed by atoms with Crippen LogP contribution < -0.4 is 10.2 Å². The van der Waals surface area contributed by atoms with Crippen LogP contribution in [0.1, 0.15) is 19.8 Å². The van der Waals surface area contributed by atoms with Crippen LogP contribution in [0.2, 0.25) is 0 Å². The molecule has 0 atom stereocenters. The SMILES string of the molecule is CCC/C=N/NC(=O)COc1ccccc1. The standard InChI is InChI=1S/C12H16N2O2/c1-2-3-9-13-14-12(15)10-16-11-7-5-4-6-8-11/h4-9H,2-3,10H2,1H3,(H,14,15)/b13-9+. The van der Waals surface area contributed by atoms with Gasteiger partial charge in [0.15, 0.2) is 6.61 Å². The van der Waals surface area contributed by atoms with Crippen molar-refractivity contribution in [3.8, 4) is 5.75 Å². The van der Waals surface area contributed by atoms with E-state index in [-0.39, 0.29) is 12.5 Å². The lowest BCUT2D eigenvalue weighted by molar-refractivity contribution is -0.123. The Hall–Kier alpha value is -1.84. The first-order valence-electron chi connectivity index (χ1n) is 5.31. The molecule has 1 amide bonds. The molecule has 0 fully saturated rings. The van der Waals surface area contributed by atoms with Gasteiger partial charge in [-0.15, -0.1) is 0 Å². The second-order valence-corrected chi connectivity index (χ2v) is 3.24. The molecule has 1 aromatic rings. The van der Waals surface area contributed by atoms with Crippen LogP contribution in [-0.2, 0) is 4.79 Å². The largest absolute Gasteiger partial charge is 0.484 e. The summed E-state index contributed by atoms with van der Waals surface area (Å²) in [5.74, 6) is 0.423. The summed E-state index contributed by atoms with van der Waals surface area (Å²) in [5, 5.41) is 3.77. The predicted octanol–water partition coefficient (Wildman–Crippen LogP) is 1.97. The van der Waals surface area contributed by atoms with Crippen molar-refractivity contribution < 1.29 is 9.53 Å². The van der Waals surface area contributed by atoms with Crippen molar-refractivity contribution in [3.63, 3.8) is 0 Å². The molecule has 0 bridgehead atoms. The van der Waals surface area contributed by atoms with Crippen LogP contribution in [0.3, 0.4) is 0 Å². The van der Waals surface area contributed by atoms with Gasteiger partial charge in [-0.2, -0.15) is 5.10 Å². The molecule has 0 heterocycles. The third-order valence-corrected chi connectivity index (χ3v) is 1.81. The predicted molar refractivity (Wildman–Crippen MR) is 63.5 cm³/mol. The van der Waals surface area contributed by atoms with Gasteiger partial charge in [0, 0.05) is 6.21 Å². The average Bonchev–Trinajstić information content (AvgIpc) is 2.33. The van der Waals surface area contributed by atoms with Gasteiger partial charge in [0.2, 0.25) is 0 Å². The Kier molecular flexibility index (Phi) is 5.70. The topological polar surface area (TPSA) is 50.7 Å². The highest BCUT2D eigenvalue weighted by Gasteiger charge is 1.99. The quantitative estimate of drug-likeness (QED) is 0.588. The number of nitrogens with zero attached hydrogens (tertiary/aromatic N) is 1. The molecule has 0 saturated carbocycles. The molecular formula is C12H16N2O2. The molecule has 1 rings (SSSR count). The van der Waals surface area contributed by atoms with Crippen LogP contribution in [0, 0.1) is 0 Å². The number of carbonyl (C=O) groups is 1. The molecular weight excluding hydrogens is 204 g/mol. The zero-order valence-corrected chi connectivity index (χ0v) is 9.35. The maximum Gasteiger partial charge on any atom is 0.277 e. The van der Waals surface area contributed by atoms with E-state index in [2.05, 4.69) is 10.5 Å². The molecule has 0 aromatic heterocycles. The van der Waals surface area contributed by atoms with E-state index in [0.717, 1.165) is 12.8 Å². The van der Waals surface area contributed by atoms with Crippen LogP contribution in [0.25, 0.3) is 0 Å². The maximum atomic E-state index is 11.2. The first-order valence-corrected chi connectivity index (χ1v) is 5.31. The summed E-state index contributed by atoms with van der Waals surface area (Å²) >= 11 is 0. The minimum absolute atomic E-state index is 0.0204. The van der Waals surface area contributed by atoms with Crippen LogP contribution in [0.15, 0.2) is 35.4 Å². The molecule has 4 nitrogen and oxygen atoms in total. The zero-order valence-electron chi connectivity index (χ0n) is 9.35. The fourth-order valence-corrected chi connectivity index (χ4v) is 1.01. The summed E-state index contributed by atoms with van der Waals surface area (Å²) in [7, 11) is 0. The monoisotopic (exact) mass is 220 g/mol. The van der Waals surface area contributed by atoms with E-state index >= 15 is 0 Å². The third-order valence-electron chi connectivity index (χ3n) is 1.81. The van der Waals surface area contributed by atoms with Crippen molar-refractivity contribution in [2.24, 2.45) is 5.10 Å². The number of hydrogen-bond acceptors (Lipinski definition) is 3. The molecule has 4 heteroatoms. The van der Waals surface area contributed by atoms with Crippen molar-refractivity contribution in [1.29, 1.82) is 0 Å². The number of para-hydroxylation sites is 1. The Labute approximate surface area is 95.3 Å². The maximum absolute atomic E-state index is 11.2. The number of benzene rings is 1. The number of carbonyl (C=O) groups excluding carboxylic acids is 1. The number of amides is 1. The summed E-state index contributed by atoms with van der Waals surface area (Å²) in [6, 6.07) is 9.20. The van der Waals surface area contributed by atoms with E-state index in [1.807, 2.05) is 25.1 Å². The smallest absolute Gasteiger partial charge is 0.277 e. The lowest BCUT2D eigenvalue weighted by Gasteiger charge is -2.03. The molecule has 0 saturated heterocycles. The number of hydrazone groups is 1. The zero-order chi connectivity index (χ0) is 11.6. The lowest BCUT2D eigenvalue weighted by Crippen LogP contribution is -2.24. The van der Waals surface area contributed by atoms with Crippen LogP contribution in [0.4, 0.5) is 0 Å². The molecule has 0 radical (unpaired) electrons. The number of hydrogen-bond donors (Lipinski definition) is 1. The Bertz CT molecular complexity index is 336. The van der Waals surface area contributed by atoms with Crippen LogP contribution >= 0.6 is 0 Å². The summed E-state index contributed by atoms with van der Waals surface area (Å²) in [6.07, 6.45) is 3.56. The van der Waals surface area contributed by atoms with Crippen LogP contribution in [0.5, 0.6) is 5.75 Å². The van der Waals surface area contributed by atoms with Crippen molar-refractivity contribution in [1.82, 2.24) is 5.43 Å². The number of rotatable bonds is 6. The number of ether oxygens (including phenoxy) is 1. The van der Waals surface area contributed by atoms with Gasteiger partial charge < -0.3 is 4.74 Å². The van der Waals surface area contributed by atoms with Crippen LogP contribution in [-0.4, -0.2) is 18.7 Å². The fourth-order valence-electron chi connectivity index (χ4n) is 1.01. The molecule has 1 N–H and O–H groups in total. The molecule has 0 aliphatic heterocycles. The summed E-state index contributed by atoms with van der Waals surface area (Å²) < 4.78 is 5.24. The Balaban J connectivity index is 2.20. The van der Waals surface area contributed by atoms with E-state index in [1.54, 1.807) is 18.3 Å². The number of unbranched alkanes of at least 4 members (excludes halogenated alkanes) is 1. The first-order chi connectivity index (χ1) is 7.83. The Morgan fingerprint density at radius 3 is 2.88 bits per heavy atom. The fraction of sp³-hybridized carbons (Fsp3) is 0.333. The van der Waals surface area contributed by atoms with Gasteiger partial charge in [0.05, 0.1) is 0 Å². The molecule has 0 unspecified atom stereocenters. The summed E-state index contributed by atoms with van der Waals surface area (Å²) in [5.41, 5.74) is 2.39. The molecule has 16 heavy (non-hydrogen) atoms. The second kappa shape index (κ2) is 7.45. The van der Waals surface area contributed by atoms with Gasteiger partial charge in [-0.1, -0.05) is 31.5 Å². The molecule has 86 valence electrons. The Morgan fingerprint density at radius 1 is 1.44 bits per heavy atom. The molecule has 0 aliphatic rings. The summed E-state index contributed by atoms with van der Waals surface area (Å²) in [4.78, 5) is 11.2. The average molecular weight is 220 g/mol. The highest BCUT2D eigenvalue weighted by atomic mass is 16.5. The van der Waals surface area contributed by atoms with Gasteiger partial charge in [0.25, 0.3) is 5.91 Å². The molecule has 0 aliphatic carbocycles. The first kappa shape index (κ1) is 12.2. The van der Waals surface area contributed by atoms with Gasteiger partial charge >= 0.3 is 0 Å². The van der Waals surface area contributed by atoms with E-state index < -0.39 is 0 Å². The Morgan fingerprint density at radius 2 is 2.19 bits per heavy atom. The van der Waals surface area contributed by atoms with E-state index in [0.29, 0.717) is 5.75 Å². The van der Waals surface area contributed by atoms with E-state index in [9.17, 15) is 4.79 Å². The minimum Gasteiger partial charge on any atom is -0.484 e. The van der Waals surface area contributed by atoms with Crippen molar-refractivity contribution >= 4 is 12.1 Å².